The summed E-state index contributed by atoms with van der Waals surface area (Å²) in [6.07, 6.45) is 3.65. The van der Waals surface area contributed by atoms with Crippen LogP contribution in [0.4, 0.5) is 0 Å². The summed E-state index contributed by atoms with van der Waals surface area (Å²) in [5.41, 5.74) is 8.13. The van der Waals surface area contributed by atoms with Crippen molar-refractivity contribution in [1.29, 1.82) is 0 Å². The van der Waals surface area contributed by atoms with Gasteiger partial charge in [0.15, 0.2) is 17.5 Å². The minimum Gasteiger partial charge on any atom is -0.456 e. The number of hydrogen-bond acceptors (Lipinski definition) is 6. The number of rotatable bonds is 5. The first-order valence-electron chi connectivity index (χ1n) is 14.0. The van der Waals surface area contributed by atoms with Crippen molar-refractivity contribution in [3.05, 3.63) is 140 Å². The second-order valence-corrected chi connectivity index (χ2v) is 10.2. The third kappa shape index (κ3) is 4.71. The van der Waals surface area contributed by atoms with Crippen LogP contribution in [-0.4, -0.2) is 24.9 Å². The monoisotopic (exact) mass is 553 g/mol. The molecule has 43 heavy (non-hydrogen) atoms. The third-order valence-electron chi connectivity index (χ3n) is 7.45. The van der Waals surface area contributed by atoms with E-state index in [1.165, 1.54) is 0 Å². The van der Waals surface area contributed by atoms with Gasteiger partial charge in [-0.2, -0.15) is 0 Å². The topological polar surface area (TPSA) is 77.6 Å². The van der Waals surface area contributed by atoms with E-state index in [1.807, 2.05) is 115 Å². The molecule has 0 bridgehead atoms. The Morgan fingerprint density at radius 1 is 0.395 bits per heavy atom. The van der Waals surface area contributed by atoms with Crippen molar-refractivity contribution < 1.29 is 4.42 Å². The summed E-state index contributed by atoms with van der Waals surface area (Å²) in [5.74, 6) is 1.86. The first-order chi connectivity index (χ1) is 21.3. The zero-order chi connectivity index (χ0) is 28.6. The molecule has 6 nitrogen and oxygen atoms in total. The van der Waals surface area contributed by atoms with E-state index in [4.69, 9.17) is 24.4 Å². The third-order valence-corrected chi connectivity index (χ3v) is 7.45. The van der Waals surface area contributed by atoms with E-state index < -0.39 is 0 Å². The normalized spacial score (nSPS) is 11.3. The highest BCUT2D eigenvalue weighted by Gasteiger charge is 2.15. The maximum absolute atomic E-state index is 6.22. The van der Waals surface area contributed by atoms with Crippen LogP contribution in [0.1, 0.15) is 0 Å². The quantitative estimate of drug-likeness (QED) is 0.212. The van der Waals surface area contributed by atoms with Crippen molar-refractivity contribution in [3.63, 3.8) is 0 Å². The molecule has 0 unspecified atom stereocenters. The fourth-order valence-electron chi connectivity index (χ4n) is 5.26. The molecule has 202 valence electrons. The van der Waals surface area contributed by atoms with Gasteiger partial charge in [-0.3, -0.25) is 9.97 Å². The number of pyridine rings is 2. The molecule has 0 fully saturated rings. The van der Waals surface area contributed by atoms with Gasteiger partial charge in [0.05, 0.1) is 11.4 Å². The Kier molecular flexibility index (Phi) is 6.01. The summed E-state index contributed by atoms with van der Waals surface area (Å²) in [4.78, 5) is 23.8. The molecule has 0 saturated carbocycles. The molecule has 0 aliphatic heterocycles. The molecule has 0 aliphatic rings. The van der Waals surface area contributed by atoms with Crippen molar-refractivity contribution in [2.45, 2.75) is 0 Å². The van der Waals surface area contributed by atoms with Crippen molar-refractivity contribution in [2.75, 3.05) is 0 Å². The highest BCUT2D eigenvalue weighted by Crippen LogP contribution is 2.35. The molecule has 0 saturated heterocycles. The van der Waals surface area contributed by atoms with E-state index >= 15 is 0 Å². The lowest BCUT2D eigenvalue weighted by Gasteiger charge is -2.08. The molecule has 0 radical (unpaired) electrons. The van der Waals surface area contributed by atoms with Gasteiger partial charge in [0.2, 0.25) is 0 Å². The van der Waals surface area contributed by atoms with Crippen LogP contribution in [-0.2, 0) is 0 Å². The van der Waals surface area contributed by atoms with Gasteiger partial charge >= 0.3 is 0 Å². The molecule has 4 heterocycles. The van der Waals surface area contributed by atoms with Crippen LogP contribution >= 0.6 is 0 Å². The predicted molar refractivity (Wildman–Crippen MR) is 170 cm³/mol. The molecule has 0 N–H and O–H groups in total. The molecule has 8 aromatic rings. The molecule has 0 atom stereocenters. The second-order valence-electron chi connectivity index (χ2n) is 10.2. The predicted octanol–water partition coefficient (Wildman–Crippen LogP) is 8.90. The lowest BCUT2D eigenvalue weighted by atomic mass is 10.0. The summed E-state index contributed by atoms with van der Waals surface area (Å²) < 4.78 is 6.22. The Bertz CT molecular complexity index is 2150. The molecule has 6 heteroatoms. The van der Waals surface area contributed by atoms with Crippen molar-refractivity contribution in [3.8, 4) is 56.7 Å². The van der Waals surface area contributed by atoms with Gasteiger partial charge < -0.3 is 4.42 Å². The number of fused-ring (bicyclic) bond motifs is 3. The zero-order valence-electron chi connectivity index (χ0n) is 22.9. The van der Waals surface area contributed by atoms with Crippen LogP contribution in [0.2, 0.25) is 0 Å². The van der Waals surface area contributed by atoms with Gasteiger partial charge in [0.1, 0.15) is 11.2 Å². The Morgan fingerprint density at radius 3 is 1.51 bits per heavy atom. The van der Waals surface area contributed by atoms with Gasteiger partial charge in [0, 0.05) is 51.0 Å². The molecule has 4 aromatic heterocycles. The Balaban J connectivity index is 1.23. The second kappa shape index (κ2) is 10.4. The van der Waals surface area contributed by atoms with Crippen molar-refractivity contribution in [2.24, 2.45) is 0 Å². The van der Waals surface area contributed by atoms with Crippen LogP contribution in [0.15, 0.2) is 144 Å². The summed E-state index contributed by atoms with van der Waals surface area (Å²) in [5, 5.41) is 1.99. The molecular formula is C37H23N5O. The molecular weight excluding hydrogens is 530 g/mol. The van der Waals surface area contributed by atoms with Crippen LogP contribution in [0, 0.1) is 0 Å². The fraction of sp³-hybridized carbons (Fsp3) is 0. The number of benzene rings is 4. The highest BCUT2D eigenvalue weighted by atomic mass is 16.3. The van der Waals surface area contributed by atoms with Gasteiger partial charge in [-0.05, 0) is 60.7 Å². The first kappa shape index (κ1) is 24.8. The molecule has 4 aromatic carbocycles. The van der Waals surface area contributed by atoms with Crippen LogP contribution in [0.25, 0.3) is 78.6 Å². The van der Waals surface area contributed by atoms with Crippen molar-refractivity contribution in [1.82, 2.24) is 24.9 Å². The average molecular weight is 554 g/mol. The largest absolute Gasteiger partial charge is 0.456 e. The molecule has 8 rings (SSSR count). The van der Waals surface area contributed by atoms with Gasteiger partial charge in [0.25, 0.3) is 0 Å². The maximum atomic E-state index is 6.22. The SMILES string of the molecule is c1ccc(-c2nc(-c3ccccc3)nc(-c3ccc4oc5ccc(-c6ccc(-c7ccccn7)cn6)cc5c4c3)n2)cc1. The number of hydrogen-bond donors (Lipinski definition) is 0. The zero-order valence-corrected chi connectivity index (χ0v) is 22.9. The van der Waals surface area contributed by atoms with E-state index in [-0.39, 0.29) is 0 Å². The highest BCUT2D eigenvalue weighted by molar-refractivity contribution is 6.07. The number of aromatic nitrogens is 5. The average Bonchev–Trinajstić information content (AvgIpc) is 3.46. The molecule has 0 amide bonds. The summed E-state index contributed by atoms with van der Waals surface area (Å²) in [6, 6.07) is 42.2. The smallest absolute Gasteiger partial charge is 0.164 e. The van der Waals surface area contributed by atoms with Crippen molar-refractivity contribution >= 4 is 21.9 Å². The molecule has 0 aliphatic carbocycles. The van der Waals surface area contributed by atoms with E-state index in [2.05, 4.69) is 23.2 Å². The summed E-state index contributed by atoms with van der Waals surface area (Å²) in [7, 11) is 0. The van der Waals surface area contributed by atoms with Crippen LogP contribution < -0.4 is 0 Å². The Labute approximate surface area is 247 Å². The Hall–Kier alpha value is -6.01. The molecule has 0 spiro atoms. The van der Waals surface area contributed by atoms with E-state index in [0.29, 0.717) is 17.5 Å². The maximum Gasteiger partial charge on any atom is 0.164 e. The van der Waals surface area contributed by atoms with E-state index in [0.717, 1.165) is 61.1 Å². The van der Waals surface area contributed by atoms with Gasteiger partial charge in [-0.1, -0.05) is 66.7 Å². The first-order valence-corrected chi connectivity index (χ1v) is 14.0. The van der Waals surface area contributed by atoms with Crippen LogP contribution in [0.3, 0.4) is 0 Å². The standard InChI is InChI=1S/C37H23N5O/c1-3-9-24(10-4-1)35-40-36(25-11-5-2-6-12-25)42-37(41-35)27-16-19-34-30(22-27)29-21-26(15-18-33(29)43-34)32-17-14-28(23-39-32)31-13-7-8-20-38-31/h1-23H. The number of furan rings is 1. The van der Waals surface area contributed by atoms with Gasteiger partial charge in [-0.15, -0.1) is 0 Å². The minimum absolute atomic E-state index is 0.604. The lowest BCUT2D eigenvalue weighted by molar-refractivity contribution is 0.669. The van der Waals surface area contributed by atoms with Gasteiger partial charge in [-0.25, -0.2) is 15.0 Å². The number of nitrogens with zero attached hydrogens (tertiary/aromatic N) is 5. The fourth-order valence-corrected chi connectivity index (χ4v) is 5.26. The minimum atomic E-state index is 0.604. The summed E-state index contributed by atoms with van der Waals surface area (Å²) >= 11 is 0. The van der Waals surface area contributed by atoms with Crippen LogP contribution in [0.5, 0.6) is 0 Å². The van der Waals surface area contributed by atoms with E-state index in [9.17, 15) is 0 Å². The lowest BCUT2D eigenvalue weighted by Crippen LogP contribution is -2.00. The Morgan fingerprint density at radius 2 is 0.930 bits per heavy atom. The van der Waals surface area contributed by atoms with E-state index in [1.54, 1.807) is 6.20 Å². The summed E-state index contributed by atoms with van der Waals surface area (Å²) in [6.45, 7) is 0.